The van der Waals surface area contributed by atoms with Crippen LogP contribution in [0, 0.1) is 11.8 Å². The summed E-state index contributed by atoms with van der Waals surface area (Å²) in [4.78, 5) is 2.78. The summed E-state index contributed by atoms with van der Waals surface area (Å²) in [5.74, 6) is 1.84. The first-order valence-corrected chi connectivity index (χ1v) is 8.19. The molecule has 2 N–H and O–H groups in total. The number of piperidine rings is 1. The van der Waals surface area contributed by atoms with E-state index in [4.69, 9.17) is 5.73 Å². The Bertz CT molecular complexity index is 253. The fourth-order valence-electron chi connectivity index (χ4n) is 4.24. The van der Waals surface area contributed by atoms with Crippen molar-refractivity contribution in [2.75, 3.05) is 19.6 Å². The molecule has 1 saturated carbocycles. The molecule has 106 valence electrons. The molecule has 1 saturated heterocycles. The number of nitrogens with zero attached hydrogens (tertiary/aromatic N) is 1. The Balaban J connectivity index is 2.05. The molecule has 2 fully saturated rings. The lowest BCUT2D eigenvalue weighted by atomic mass is 9.72. The van der Waals surface area contributed by atoms with Gasteiger partial charge in [0.2, 0.25) is 0 Å². The number of likely N-dealkylation sites (tertiary alicyclic amines) is 1. The molecule has 0 spiro atoms. The third kappa shape index (κ3) is 2.91. The predicted molar refractivity (Wildman–Crippen MR) is 78.6 cm³/mol. The van der Waals surface area contributed by atoms with Crippen LogP contribution in [0.25, 0.3) is 0 Å². The molecule has 0 aromatic carbocycles. The SMILES string of the molecule is CCC1CCCN(C2(CN)CCCC(CC)C2)C1. The summed E-state index contributed by atoms with van der Waals surface area (Å²) < 4.78 is 0. The molecule has 1 aliphatic heterocycles. The molecule has 0 radical (unpaired) electrons. The molecule has 2 rings (SSSR count). The van der Waals surface area contributed by atoms with Crippen molar-refractivity contribution in [3.05, 3.63) is 0 Å². The highest BCUT2D eigenvalue weighted by atomic mass is 15.2. The molecule has 0 aromatic rings. The first-order chi connectivity index (χ1) is 8.74. The Morgan fingerprint density at radius 3 is 2.50 bits per heavy atom. The summed E-state index contributed by atoms with van der Waals surface area (Å²) in [7, 11) is 0. The van der Waals surface area contributed by atoms with E-state index in [1.807, 2.05) is 0 Å². The van der Waals surface area contributed by atoms with E-state index < -0.39 is 0 Å². The van der Waals surface area contributed by atoms with Crippen molar-refractivity contribution in [2.24, 2.45) is 17.6 Å². The van der Waals surface area contributed by atoms with Gasteiger partial charge in [-0.1, -0.05) is 39.5 Å². The van der Waals surface area contributed by atoms with Gasteiger partial charge in [0.25, 0.3) is 0 Å². The zero-order valence-electron chi connectivity index (χ0n) is 12.5. The minimum atomic E-state index is 0.354. The molecule has 1 aliphatic carbocycles. The van der Waals surface area contributed by atoms with Crippen LogP contribution in [0.5, 0.6) is 0 Å². The average molecular weight is 252 g/mol. The van der Waals surface area contributed by atoms with Gasteiger partial charge in [-0.15, -0.1) is 0 Å². The summed E-state index contributed by atoms with van der Waals surface area (Å²) in [6.07, 6.45) is 11.0. The van der Waals surface area contributed by atoms with E-state index in [2.05, 4.69) is 18.7 Å². The second-order valence-electron chi connectivity index (χ2n) is 6.66. The van der Waals surface area contributed by atoms with E-state index in [0.29, 0.717) is 5.54 Å². The van der Waals surface area contributed by atoms with Gasteiger partial charge in [-0.25, -0.2) is 0 Å². The van der Waals surface area contributed by atoms with Crippen LogP contribution in [-0.2, 0) is 0 Å². The highest BCUT2D eigenvalue weighted by Crippen LogP contribution is 2.39. The van der Waals surface area contributed by atoms with Crippen LogP contribution in [0.1, 0.15) is 65.2 Å². The van der Waals surface area contributed by atoms with Gasteiger partial charge < -0.3 is 5.73 Å². The van der Waals surface area contributed by atoms with Gasteiger partial charge in [0.1, 0.15) is 0 Å². The largest absolute Gasteiger partial charge is 0.329 e. The van der Waals surface area contributed by atoms with Gasteiger partial charge in [-0.05, 0) is 44.1 Å². The van der Waals surface area contributed by atoms with Crippen molar-refractivity contribution in [3.63, 3.8) is 0 Å². The Morgan fingerprint density at radius 1 is 1.11 bits per heavy atom. The Morgan fingerprint density at radius 2 is 1.83 bits per heavy atom. The Labute approximate surface area is 113 Å². The summed E-state index contributed by atoms with van der Waals surface area (Å²) in [6.45, 7) is 8.18. The van der Waals surface area contributed by atoms with E-state index >= 15 is 0 Å². The van der Waals surface area contributed by atoms with Gasteiger partial charge in [0, 0.05) is 18.6 Å². The van der Waals surface area contributed by atoms with Crippen LogP contribution in [0.4, 0.5) is 0 Å². The minimum Gasteiger partial charge on any atom is -0.329 e. The summed E-state index contributed by atoms with van der Waals surface area (Å²) >= 11 is 0. The molecule has 3 unspecified atom stereocenters. The molecule has 0 amide bonds. The quantitative estimate of drug-likeness (QED) is 0.831. The van der Waals surface area contributed by atoms with Crippen molar-refractivity contribution in [1.29, 1.82) is 0 Å². The van der Waals surface area contributed by atoms with E-state index in [1.165, 1.54) is 64.5 Å². The van der Waals surface area contributed by atoms with Crippen LogP contribution in [0.3, 0.4) is 0 Å². The van der Waals surface area contributed by atoms with E-state index in [0.717, 1.165) is 18.4 Å². The highest BCUT2D eigenvalue weighted by Gasteiger charge is 2.41. The maximum absolute atomic E-state index is 6.23. The summed E-state index contributed by atoms with van der Waals surface area (Å²) in [5.41, 5.74) is 6.59. The average Bonchev–Trinajstić information content (AvgIpc) is 2.47. The topological polar surface area (TPSA) is 29.3 Å². The molecule has 1 heterocycles. The molecule has 0 bridgehead atoms. The second kappa shape index (κ2) is 6.38. The fraction of sp³-hybridized carbons (Fsp3) is 1.00. The van der Waals surface area contributed by atoms with Crippen LogP contribution in [0.15, 0.2) is 0 Å². The third-order valence-corrected chi connectivity index (χ3v) is 5.65. The van der Waals surface area contributed by atoms with Crippen molar-refractivity contribution < 1.29 is 0 Å². The van der Waals surface area contributed by atoms with Crippen molar-refractivity contribution in [3.8, 4) is 0 Å². The monoisotopic (exact) mass is 252 g/mol. The van der Waals surface area contributed by atoms with E-state index in [-0.39, 0.29) is 0 Å². The van der Waals surface area contributed by atoms with Crippen molar-refractivity contribution in [1.82, 2.24) is 4.90 Å². The molecule has 3 atom stereocenters. The lowest BCUT2D eigenvalue weighted by molar-refractivity contribution is 0.00321. The molecule has 18 heavy (non-hydrogen) atoms. The molecule has 2 nitrogen and oxygen atoms in total. The maximum Gasteiger partial charge on any atom is 0.0334 e. The van der Waals surface area contributed by atoms with Crippen LogP contribution in [0.2, 0.25) is 0 Å². The minimum absolute atomic E-state index is 0.354. The van der Waals surface area contributed by atoms with Gasteiger partial charge in [-0.2, -0.15) is 0 Å². The van der Waals surface area contributed by atoms with E-state index in [9.17, 15) is 0 Å². The Kier molecular flexibility index (Phi) is 5.08. The van der Waals surface area contributed by atoms with Gasteiger partial charge in [-0.3, -0.25) is 4.90 Å². The van der Waals surface area contributed by atoms with Gasteiger partial charge in [0.15, 0.2) is 0 Å². The molecule has 2 aliphatic rings. The number of hydrogen-bond donors (Lipinski definition) is 1. The first kappa shape index (κ1) is 14.3. The van der Waals surface area contributed by atoms with Crippen molar-refractivity contribution >= 4 is 0 Å². The smallest absolute Gasteiger partial charge is 0.0334 e. The zero-order valence-corrected chi connectivity index (χ0v) is 12.5. The van der Waals surface area contributed by atoms with Crippen LogP contribution in [-0.4, -0.2) is 30.1 Å². The van der Waals surface area contributed by atoms with Crippen LogP contribution >= 0.6 is 0 Å². The fourth-order valence-corrected chi connectivity index (χ4v) is 4.24. The van der Waals surface area contributed by atoms with Gasteiger partial charge in [0.05, 0.1) is 0 Å². The number of nitrogens with two attached hydrogens (primary N) is 1. The lowest BCUT2D eigenvalue weighted by Gasteiger charge is -2.51. The van der Waals surface area contributed by atoms with Crippen molar-refractivity contribution in [2.45, 2.75) is 70.8 Å². The molecular weight excluding hydrogens is 220 g/mol. The highest BCUT2D eigenvalue weighted by molar-refractivity contribution is 4.98. The summed E-state index contributed by atoms with van der Waals surface area (Å²) in [5, 5.41) is 0. The molecule has 2 heteroatoms. The maximum atomic E-state index is 6.23. The lowest BCUT2D eigenvalue weighted by Crippen LogP contribution is -2.59. The standard InChI is InChI=1S/C16H32N2/c1-3-14-7-5-9-16(11-14,13-17)18-10-6-8-15(4-2)12-18/h14-15H,3-13,17H2,1-2H3. The number of rotatable bonds is 4. The Hall–Kier alpha value is -0.0800. The second-order valence-corrected chi connectivity index (χ2v) is 6.66. The molecule has 0 aromatic heterocycles. The zero-order chi connectivity index (χ0) is 13.0. The predicted octanol–water partition coefficient (Wildman–Crippen LogP) is 3.41. The van der Waals surface area contributed by atoms with Crippen LogP contribution < -0.4 is 5.73 Å². The number of hydrogen-bond acceptors (Lipinski definition) is 2. The summed E-state index contributed by atoms with van der Waals surface area (Å²) in [6, 6.07) is 0. The first-order valence-electron chi connectivity index (χ1n) is 8.19. The normalized spacial score (nSPS) is 38.8. The third-order valence-electron chi connectivity index (χ3n) is 5.65. The van der Waals surface area contributed by atoms with Gasteiger partial charge >= 0.3 is 0 Å². The van der Waals surface area contributed by atoms with E-state index in [1.54, 1.807) is 0 Å². The molecular formula is C16H32N2.